The highest BCUT2D eigenvalue weighted by molar-refractivity contribution is 8.00. The van der Waals surface area contributed by atoms with Gasteiger partial charge in [0, 0.05) is 10.6 Å². The van der Waals surface area contributed by atoms with E-state index in [4.69, 9.17) is 11.6 Å². The van der Waals surface area contributed by atoms with E-state index in [0.717, 1.165) is 11.6 Å². The van der Waals surface area contributed by atoms with Gasteiger partial charge in [0.25, 0.3) is 0 Å². The van der Waals surface area contributed by atoms with Crippen LogP contribution in [0.15, 0.2) is 42.5 Å². The van der Waals surface area contributed by atoms with Gasteiger partial charge < -0.3 is 4.90 Å². The molecule has 1 saturated heterocycles. The Morgan fingerprint density at radius 2 is 2.00 bits per heavy atom. The summed E-state index contributed by atoms with van der Waals surface area (Å²) in [4.78, 5) is 13.6. The quantitative estimate of drug-likeness (QED) is 0.826. The average molecular weight is 340 g/mol. The Labute approximate surface area is 136 Å². The fourth-order valence-corrected chi connectivity index (χ4v) is 3.79. The number of amides is 1. The first-order valence-electron chi connectivity index (χ1n) is 6.65. The van der Waals surface area contributed by atoms with Gasteiger partial charge in [0.1, 0.15) is 5.37 Å². The zero-order valence-electron chi connectivity index (χ0n) is 11.4. The standard InChI is InChI=1S/C16H12ClF2NOS/c17-12-5-1-3-10(7-12)16-20(14(21)9-22-16)8-11-4-2-6-13(18)15(11)19/h1-7,16H,8-9H2. The van der Waals surface area contributed by atoms with Gasteiger partial charge in [0.15, 0.2) is 11.6 Å². The lowest BCUT2D eigenvalue weighted by Gasteiger charge is -2.24. The monoisotopic (exact) mass is 339 g/mol. The van der Waals surface area contributed by atoms with Crippen LogP contribution < -0.4 is 0 Å². The largest absolute Gasteiger partial charge is 0.321 e. The second-order valence-electron chi connectivity index (χ2n) is 4.95. The van der Waals surface area contributed by atoms with Crippen LogP contribution in [0, 0.1) is 11.6 Å². The molecular formula is C16H12ClF2NOS. The highest BCUT2D eigenvalue weighted by Gasteiger charge is 2.33. The molecule has 22 heavy (non-hydrogen) atoms. The molecule has 0 N–H and O–H groups in total. The molecule has 2 aromatic rings. The van der Waals surface area contributed by atoms with Crippen molar-refractivity contribution in [1.82, 2.24) is 4.90 Å². The number of carbonyl (C=O) groups excluding carboxylic acids is 1. The molecule has 1 amide bonds. The molecule has 1 atom stereocenters. The van der Waals surface area contributed by atoms with E-state index in [0.29, 0.717) is 10.8 Å². The van der Waals surface area contributed by atoms with Crippen LogP contribution >= 0.6 is 23.4 Å². The van der Waals surface area contributed by atoms with Gasteiger partial charge >= 0.3 is 0 Å². The molecule has 0 radical (unpaired) electrons. The summed E-state index contributed by atoms with van der Waals surface area (Å²) in [6.45, 7) is 0.0343. The second kappa shape index (κ2) is 6.26. The summed E-state index contributed by atoms with van der Waals surface area (Å²) >= 11 is 7.44. The minimum Gasteiger partial charge on any atom is -0.321 e. The molecule has 0 aliphatic carbocycles. The molecule has 0 saturated carbocycles. The Hall–Kier alpha value is -1.59. The summed E-state index contributed by atoms with van der Waals surface area (Å²) < 4.78 is 27.2. The third kappa shape index (κ3) is 2.96. The summed E-state index contributed by atoms with van der Waals surface area (Å²) in [7, 11) is 0. The molecule has 3 rings (SSSR count). The lowest BCUT2D eigenvalue weighted by molar-refractivity contribution is -0.128. The molecule has 1 aliphatic heterocycles. The van der Waals surface area contributed by atoms with E-state index in [1.54, 1.807) is 17.0 Å². The van der Waals surface area contributed by atoms with Gasteiger partial charge in [0.05, 0.1) is 12.3 Å². The molecule has 1 aliphatic rings. The van der Waals surface area contributed by atoms with E-state index in [2.05, 4.69) is 0 Å². The molecule has 0 spiro atoms. The lowest BCUT2D eigenvalue weighted by Crippen LogP contribution is -2.28. The Balaban J connectivity index is 1.90. The van der Waals surface area contributed by atoms with Crippen molar-refractivity contribution in [3.05, 3.63) is 70.2 Å². The molecular weight excluding hydrogens is 328 g/mol. The zero-order valence-corrected chi connectivity index (χ0v) is 13.0. The van der Waals surface area contributed by atoms with Crippen molar-refractivity contribution >= 4 is 29.3 Å². The fourth-order valence-electron chi connectivity index (χ4n) is 2.42. The summed E-state index contributed by atoms with van der Waals surface area (Å²) in [6, 6.07) is 11.2. The third-order valence-electron chi connectivity index (χ3n) is 3.47. The minimum atomic E-state index is -0.906. The highest BCUT2D eigenvalue weighted by Crippen LogP contribution is 2.40. The SMILES string of the molecule is O=C1CSC(c2cccc(Cl)c2)N1Cc1cccc(F)c1F. The van der Waals surface area contributed by atoms with Crippen LogP contribution in [0.3, 0.4) is 0 Å². The number of rotatable bonds is 3. The van der Waals surface area contributed by atoms with Crippen molar-refractivity contribution < 1.29 is 13.6 Å². The summed E-state index contributed by atoms with van der Waals surface area (Å²) in [5.74, 6) is -1.60. The number of hydrogen-bond donors (Lipinski definition) is 0. The van der Waals surface area contributed by atoms with Crippen molar-refractivity contribution in [1.29, 1.82) is 0 Å². The topological polar surface area (TPSA) is 20.3 Å². The first-order chi connectivity index (χ1) is 10.6. The van der Waals surface area contributed by atoms with E-state index in [1.807, 2.05) is 12.1 Å². The second-order valence-corrected chi connectivity index (χ2v) is 6.46. The van der Waals surface area contributed by atoms with Crippen molar-refractivity contribution in [3.8, 4) is 0 Å². The summed E-state index contributed by atoms with van der Waals surface area (Å²) in [6.07, 6.45) is 0. The van der Waals surface area contributed by atoms with Crippen LogP contribution in [0.25, 0.3) is 0 Å². The van der Waals surface area contributed by atoms with Crippen molar-refractivity contribution in [2.24, 2.45) is 0 Å². The van der Waals surface area contributed by atoms with Crippen LogP contribution in [0.5, 0.6) is 0 Å². The Morgan fingerprint density at radius 3 is 2.77 bits per heavy atom. The van der Waals surface area contributed by atoms with Gasteiger partial charge in [-0.15, -0.1) is 11.8 Å². The van der Waals surface area contributed by atoms with Crippen molar-refractivity contribution in [3.63, 3.8) is 0 Å². The first-order valence-corrected chi connectivity index (χ1v) is 8.08. The van der Waals surface area contributed by atoms with Gasteiger partial charge in [0.2, 0.25) is 5.91 Å². The van der Waals surface area contributed by atoms with E-state index < -0.39 is 11.6 Å². The minimum absolute atomic E-state index is 0.0343. The molecule has 2 aromatic carbocycles. The Morgan fingerprint density at radius 1 is 1.23 bits per heavy atom. The molecule has 2 nitrogen and oxygen atoms in total. The molecule has 114 valence electrons. The number of nitrogens with zero attached hydrogens (tertiary/aromatic N) is 1. The predicted octanol–water partition coefficient (Wildman–Crippen LogP) is 4.39. The van der Waals surface area contributed by atoms with Gasteiger partial charge in [-0.05, 0) is 23.8 Å². The number of carbonyl (C=O) groups is 1. The number of thioether (sulfide) groups is 1. The average Bonchev–Trinajstić information content (AvgIpc) is 2.85. The first kappa shape index (κ1) is 15.3. The number of halogens is 3. The van der Waals surface area contributed by atoms with Crippen LogP contribution in [0.4, 0.5) is 8.78 Å². The molecule has 1 unspecified atom stereocenters. The molecule has 1 heterocycles. The van der Waals surface area contributed by atoms with Gasteiger partial charge in [-0.25, -0.2) is 8.78 Å². The Bertz CT molecular complexity index is 725. The van der Waals surface area contributed by atoms with Crippen LogP contribution in [0.2, 0.25) is 5.02 Å². The van der Waals surface area contributed by atoms with E-state index in [1.165, 1.54) is 23.9 Å². The Kier molecular flexibility index (Phi) is 4.36. The summed E-state index contributed by atoms with van der Waals surface area (Å²) in [5.41, 5.74) is 1.04. The van der Waals surface area contributed by atoms with E-state index >= 15 is 0 Å². The maximum atomic E-state index is 13.8. The number of hydrogen-bond acceptors (Lipinski definition) is 2. The maximum absolute atomic E-state index is 13.8. The van der Waals surface area contributed by atoms with Crippen LogP contribution in [-0.4, -0.2) is 16.6 Å². The zero-order chi connectivity index (χ0) is 15.7. The number of benzene rings is 2. The van der Waals surface area contributed by atoms with Gasteiger partial charge in [-0.2, -0.15) is 0 Å². The van der Waals surface area contributed by atoms with Crippen LogP contribution in [0.1, 0.15) is 16.5 Å². The molecule has 0 aromatic heterocycles. The normalized spacial score (nSPS) is 18.0. The fraction of sp³-hybridized carbons (Fsp3) is 0.188. The highest BCUT2D eigenvalue weighted by atomic mass is 35.5. The van der Waals surface area contributed by atoms with Crippen LogP contribution in [-0.2, 0) is 11.3 Å². The predicted molar refractivity (Wildman–Crippen MR) is 83.6 cm³/mol. The molecule has 6 heteroatoms. The lowest BCUT2D eigenvalue weighted by atomic mass is 10.1. The van der Waals surface area contributed by atoms with Gasteiger partial charge in [-0.1, -0.05) is 35.9 Å². The maximum Gasteiger partial charge on any atom is 0.234 e. The van der Waals surface area contributed by atoms with Gasteiger partial charge in [-0.3, -0.25) is 4.79 Å². The van der Waals surface area contributed by atoms with E-state index in [9.17, 15) is 13.6 Å². The smallest absolute Gasteiger partial charge is 0.234 e. The van der Waals surface area contributed by atoms with Crippen molar-refractivity contribution in [2.45, 2.75) is 11.9 Å². The molecule has 1 fully saturated rings. The van der Waals surface area contributed by atoms with Crippen molar-refractivity contribution in [2.75, 3.05) is 5.75 Å². The third-order valence-corrected chi connectivity index (χ3v) is 4.97. The molecule has 0 bridgehead atoms. The van der Waals surface area contributed by atoms with E-state index in [-0.39, 0.29) is 23.4 Å². The summed E-state index contributed by atoms with van der Waals surface area (Å²) in [5, 5.41) is 0.336.